The average molecular weight is 469 g/mol. The molecule has 3 aliphatic rings. The van der Waals surface area contributed by atoms with Gasteiger partial charge in [0.15, 0.2) is 17.3 Å². The molecule has 0 radical (unpaired) electrons. The first kappa shape index (κ1) is 23.7. The van der Waals surface area contributed by atoms with Crippen molar-refractivity contribution in [3.05, 3.63) is 56.7 Å². The number of ketones is 1. The number of carbonyl (C=O) groups is 2. The van der Waals surface area contributed by atoms with Crippen LogP contribution in [-0.2, 0) is 19.1 Å². The maximum atomic E-state index is 13.4. The van der Waals surface area contributed by atoms with Crippen molar-refractivity contribution < 1.29 is 28.5 Å². The Bertz CT molecular complexity index is 1120. The molecule has 0 aromatic heterocycles. The van der Waals surface area contributed by atoms with E-state index >= 15 is 0 Å². The summed E-state index contributed by atoms with van der Waals surface area (Å²) in [7, 11) is 0. The van der Waals surface area contributed by atoms with Gasteiger partial charge in [0.05, 0.1) is 31.1 Å². The van der Waals surface area contributed by atoms with Gasteiger partial charge in [-0.05, 0) is 42.0 Å². The minimum atomic E-state index is -0.635. The molecule has 1 aromatic rings. The van der Waals surface area contributed by atoms with Gasteiger partial charge in [-0.25, -0.2) is 4.79 Å². The van der Waals surface area contributed by atoms with Gasteiger partial charge in [0.1, 0.15) is 0 Å². The molecule has 0 bridgehead atoms. The number of hydrogen-bond acceptors (Lipinski definition) is 8. The molecule has 34 heavy (non-hydrogen) atoms. The number of hydrogen-bond donors (Lipinski definition) is 1. The number of nitrogens with one attached hydrogen (secondary N) is 1. The second kappa shape index (κ2) is 9.79. The maximum absolute atomic E-state index is 13.4. The summed E-state index contributed by atoms with van der Waals surface area (Å²) in [5, 5.41) is 6.80. The summed E-state index contributed by atoms with van der Waals surface area (Å²) in [5.74, 6) is 0.0228. The number of nitrogens with zero attached hydrogens (tertiary/aromatic N) is 3. The van der Waals surface area contributed by atoms with E-state index in [1.54, 1.807) is 13.0 Å². The molecule has 1 unspecified atom stereocenters. The zero-order chi connectivity index (χ0) is 24.3. The van der Waals surface area contributed by atoms with E-state index in [0.29, 0.717) is 41.2 Å². The van der Waals surface area contributed by atoms with E-state index in [1.807, 2.05) is 26.0 Å². The van der Waals surface area contributed by atoms with Crippen molar-refractivity contribution in [3.63, 3.8) is 0 Å². The third-order valence-electron chi connectivity index (χ3n) is 5.99. The highest BCUT2D eigenvalue weighted by Gasteiger charge is 2.44. The number of fused-ring (bicyclic) bond motifs is 1. The smallest absolute Gasteiger partial charge is 0.336 e. The summed E-state index contributed by atoms with van der Waals surface area (Å²) < 4.78 is 22.1. The SMILES string of the molecule is CCOC(=O)C1=C(COCCN=[N+]=[N-])NC2=C(C(=O)CC(C)(C)C2)C1c1ccc2c(c1)OCO2. The first-order valence-corrected chi connectivity index (χ1v) is 11.3. The van der Waals surface area contributed by atoms with E-state index in [9.17, 15) is 9.59 Å². The summed E-state index contributed by atoms with van der Waals surface area (Å²) in [6, 6.07) is 5.45. The average Bonchev–Trinajstić information content (AvgIpc) is 3.25. The van der Waals surface area contributed by atoms with E-state index in [-0.39, 0.29) is 44.4 Å². The van der Waals surface area contributed by atoms with Crippen LogP contribution in [0, 0.1) is 5.41 Å². The van der Waals surface area contributed by atoms with Gasteiger partial charge in [-0.3, -0.25) is 4.79 Å². The second-order valence-electron chi connectivity index (χ2n) is 9.12. The molecule has 0 spiro atoms. The molecule has 0 saturated heterocycles. The van der Waals surface area contributed by atoms with E-state index in [2.05, 4.69) is 15.3 Å². The van der Waals surface area contributed by atoms with Crippen molar-refractivity contribution in [2.45, 2.75) is 39.5 Å². The molecule has 0 saturated carbocycles. The zero-order valence-electron chi connectivity index (χ0n) is 19.6. The summed E-state index contributed by atoms with van der Waals surface area (Å²) in [6.07, 6.45) is 1.02. The molecule has 10 nitrogen and oxygen atoms in total. The topological polar surface area (TPSA) is 132 Å². The Morgan fingerprint density at radius 3 is 2.85 bits per heavy atom. The van der Waals surface area contributed by atoms with Crippen LogP contribution in [0.25, 0.3) is 10.4 Å². The summed E-state index contributed by atoms with van der Waals surface area (Å²) in [4.78, 5) is 29.4. The quantitative estimate of drug-likeness (QED) is 0.201. The molecule has 0 fully saturated rings. The molecule has 2 heterocycles. The summed E-state index contributed by atoms with van der Waals surface area (Å²) >= 11 is 0. The van der Waals surface area contributed by atoms with Crippen LogP contribution < -0.4 is 14.8 Å². The zero-order valence-corrected chi connectivity index (χ0v) is 19.6. The lowest BCUT2D eigenvalue weighted by atomic mass is 9.68. The molecule has 2 aliphatic heterocycles. The predicted octanol–water partition coefficient (Wildman–Crippen LogP) is 3.89. The fourth-order valence-electron chi connectivity index (χ4n) is 4.66. The molecule has 4 rings (SSSR count). The number of esters is 1. The first-order chi connectivity index (χ1) is 16.3. The number of dihydropyridines is 1. The Morgan fingerprint density at radius 2 is 2.09 bits per heavy atom. The molecule has 1 atom stereocenters. The number of azide groups is 1. The van der Waals surface area contributed by atoms with Crippen LogP contribution in [0.4, 0.5) is 0 Å². The Balaban J connectivity index is 1.81. The third kappa shape index (κ3) is 4.73. The Labute approximate surface area is 197 Å². The number of benzene rings is 1. The normalized spacial score (nSPS) is 20.4. The molecule has 10 heteroatoms. The van der Waals surface area contributed by atoms with E-state index in [0.717, 1.165) is 11.3 Å². The van der Waals surface area contributed by atoms with Gasteiger partial charge >= 0.3 is 5.97 Å². The molecule has 1 aliphatic carbocycles. The van der Waals surface area contributed by atoms with Crippen LogP contribution in [0.1, 0.15) is 45.1 Å². The number of carbonyl (C=O) groups excluding carboxylic acids is 2. The van der Waals surface area contributed by atoms with E-state index < -0.39 is 11.9 Å². The third-order valence-corrected chi connectivity index (χ3v) is 5.99. The van der Waals surface area contributed by atoms with Crippen molar-refractivity contribution >= 4 is 11.8 Å². The van der Waals surface area contributed by atoms with E-state index in [4.69, 9.17) is 24.5 Å². The van der Waals surface area contributed by atoms with Crippen molar-refractivity contribution in [3.8, 4) is 11.5 Å². The lowest BCUT2D eigenvalue weighted by Gasteiger charge is -2.40. The van der Waals surface area contributed by atoms with Gasteiger partial charge < -0.3 is 24.3 Å². The maximum Gasteiger partial charge on any atom is 0.336 e. The van der Waals surface area contributed by atoms with Crippen LogP contribution in [0.2, 0.25) is 0 Å². The fraction of sp³-hybridized carbons (Fsp3) is 0.500. The van der Waals surface area contributed by atoms with Crippen molar-refractivity contribution in [2.75, 3.05) is 33.2 Å². The van der Waals surface area contributed by atoms with E-state index in [1.165, 1.54) is 0 Å². The highest BCUT2D eigenvalue weighted by Crippen LogP contribution is 2.48. The number of ether oxygens (including phenoxy) is 4. The number of allylic oxidation sites excluding steroid dienone is 2. The van der Waals surface area contributed by atoms with Crippen LogP contribution in [-0.4, -0.2) is 44.9 Å². The van der Waals surface area contributed by atoms with Crippen LogP contribution in [0.15, 0.2) is 45.9 Å². The van der Waals surface area contributed by atoms with Gasteiger partial charge in [0.25, 0.3) is 0 Å². The Hall–Kier alpha value is -3.49. The van der Waals surface area contributed by atoms with Crippen LogP contribution in [0.3, 0.4) is 0 Å². The largest absolute Gasteiger partial charge is 0.463 e. The fourth-order valence-corrected chi connectivity index (χ4v) is 4.66. The summed E-state index contributed by atoms with van der Waals surface area (Å²) in [6.45, 7) is 6.57. The standard InChI is InChI=1S/C24H28N4O6/c1-4-32-23(30)22-16(12-31-8-7-26-28-25)27-15-10-24(2,3)11-17(29)21(15)20(22)14-5-6-18-19(9-14)34-13-33-18/h5-6,9,20,27H,4,7-8,10-13H2,1-3H3. The highest BCUT2D eigenvalue weighted by molar-refractivity contribution is 6.04. The van der Waals surface area contributed by atoms with Crippen LogP contribution in [0.5, 0.6) is 11.5 Å². The number of Topliss-reactive ketones (excluding diaryl/α,β-unsaturated/α-hetero) is 1. The first-order valence-electron chi connectivity index (χ1n) is 11.3. The molecule has 1 N–H and O–H groups in total. The molecule has 180 valence electrons. The van der Waals surface area contributed by atoms with Crippen molar-refractivity contribution in [1.82, 2.24) is 5.32 Å². The highest BCUT2D eigenvalue weighted by atomic mass is 16.7. The van der Waals surface area contributed by atoms with Crippen molar-refractivity contribution in [1.29, 1.82) is 0 Å². The second-order valence-corrected chi connectivity index (χ2v) is 9.12. The molecular weight excluding hydrogens is 440 g/mol. The molecule has 0 amide bonds. The Morgan fingerprint density at radius 1 is 1.29 bits per heavy atom. The monoisotopic (exact) mass is 468 g/mol. The minimum Gasteiger partial charge on any atom is -0.463 e. The van der Waals surface area contributed by atoms with Gasteiger partial charge in [0, 0.05) is 35.1 Å². The predicted molar refractivity (Wildman–Crippen MR) is 122 cm³/mol. The lowest BCUT2D eigenvalue weighted by molar-refractivity contribution is -0.139. The molecule has 1 aromatic carbocycles. The molecular formula is C24H28N4O6. The van der Waals surface area contributed by atoms with Gasteiger partial charge in [-0.2, -0.15) is 0 Å². The van der Waals surface area contributed by atoms with Crippen molar-refractivity contribution in [2.24, 2.45) is 10.5 Å². The van der Waals surface area contributed by atoms with Gasteiger partial charge in [-0.15, -0.1) is 0 Å². The van der Waals surface area contributed by atoms with Gasteiger partial charge in [0.2, 0.25) is 6.79 Å². The minimum absolute atomic E-state index is 0.00783. The Kier molecular flexibility index (Phi) is 6.81. The van der Waals surface area contributed by atoms with Gasteiger partial charge in [-0.1, -0.05) is 25.0 Å². The lowest BCUT2D eigenvalue weighted by Crippen LogP contribution is -2.40. The van der Waals surface area contributed by atoms with Crippen LogP contribution >= 0.6 is 0 Å². The summed E-state index contributed by atoms with van der Waals surface area (Å²) in [5.41, 5.74) is 11.2. The number of rotatable bonds is 8.